The van der Waals surface area contributed by atoms with Crippen LogP contribution in [0.4, 0.5) is 0 Å². The molecule has 14 heteroatoms. The number of hydrogen-bond donors (Lipinski definition) is 10. The Morgan fingerprint density at radius 2 is 1.32 bits per heavy atom. The van der Waals surface area contributed by atoms with Crippen molar-refractivity contribution in [1.29, 1.82) is 0 Å². The quantitative estimate of drug-likeness (QED) is 0.104. The molecule has 19 atom stereocenters. The Bertz CT molecular complexity index is 1390. The summed E-state index contributed by atoms with van der Waals surface area (Å²) in [6, 6.07) is 0. The van der Waals surface area contributed by atoms with Crippen molar-refractivity contribution >= 4 is 0 Å². The topological polar surface area (TPSA) is 239 Å². The van der Waals surface area contributed by atoms with Gasteiger partial charge in [-0.25, -0.2) is 0 Å². The Hall–Kier alpha value is -0.820. The van der Waals surface area contributed by atoms with Crippen molar-refractivity contribution in [1.82, 2.24) is 0 Å². The maximum absolute atomic E-state index is 11.3. The van der Waals surface area contributed by atoms with E-state index in [1.807, 2.05) is 6.08 Å². The zero-order valence-electron chi connectivity index (χ0n) is 34.4. The minimum atomic E-state index is -1.75. The van der Waals surface area contributed by atoms with Gasteiger partial charge in [-0.2, -0.15) is 0 Å². The molecule has 0 aromatic heterocycles. The Labute approximate surface area is 331 Å². The molecule has 4 saturated carbocycles. The van der Waals surface area contributed by atoms with Gasteiger partial charge < -0.3 is 70.0 Å². The van der Waals surface area contributed by atoms with Crippen LogP contribution in [0.3, 0.4) is 0 Å². The molecule has 6 fully saturated rings. The molecule has 0 aromatic carbocycles. The standard InChI is InChI=1S/C42H72O14/c1-38(2)26-13-17-42(7)27(10-9-23-22(12-16-41(23,42)6)21(18-43)8-11-28(46)39(3,4)52)40(26,5)15-14-29(38)55-37-35(33(50)31(48)25(20-45)54-37)56-36-34(51)32(49)30(47)24(19-44)53-36/h8,22-37,43-52H,9-20H2,1-7H3/b21-8+/t22-,23-,24-,25-,26?,27-,28?,29+,30-,31-,32+,33+,34-,35-,36?,37+,40+,41-,42-/m1/s1. The lowest BCUT2D eigenvalue weighted by atomic mass is 9.35. The van der Waals surface area contributed by atoms with E-state index in [9.17, 15) is 51.1 Å². The fraction of sp³-hybridized carbons (Fsp3) is 0.952. The third-order valence-corrected chi connectivity index (χ3v) is 16.7. The molecule has 4 aliphatic carbocycles. The molecule has 3 unspecified atom stereocenters. The molecule has 324 valence electrons. The molecular formula is C42H72O14. The third kappa shape index (κ3) is 7.37. The average molecular weight is 801 g/mol. The molecule has 14 nitrogen and oxygen atoms in total. The second kappa shape index (κ2) is 16.2. The number of aliphatic hydroxyl groups excluding tert-OH is 9. The summed E-state index contributed by atoms with van der Waals surface area (Å²) >= 11 is 0. The van der Waals surface area contributed by atoms with Gasteiger partial charge in [0.15, 0.2) is 12.6 Å². The molecule has 0 aromatic rings. The zero-order chi connectivity index (χ0) is 41.3. The SMILES string of the molecule is CC(C)(O)C(O)C/C=C(\CO)[C@H]1CC[C@]2(C)[C@@H]1CC[C@@H]1[C@@]3(C)CC[C@H](O[C@@H]4O[C@H](CO)[C@@H](O)[C@H](O)[C@H]4OC4O[C@H](CO)[C@@H](O)[C@H](O)[C@H]4O)C(C)(C)C3CC[C@]12C. The monoisotopic (exact) mass is 800 g/mol. The summed E-state index contributed by atoms with van der Waals surface area (Å²) in [7, 11) is 0. The minimum Gasteiger partial charge on any atom is -0.394 e. The predicted octanol–water partition coefficient (Wildman–Crippen LogP) is 1.12. The van der Waals surface area contributed by atoms with Gasteiger partial charge in [0.25, 0.3) is 0 Å². The Balaban J connectivity index is 1.21. The Morgan fingerprint density at radius 3 is 1.93 bits per heavy atom. The highest BCUT2D eigenvalue weighted by atomic mass is 16.8. The fourth-order valence-electron chi connectivity index (χ4n) is 13.1. The highest BCUT2D eigenvalue weighted by Gasteiger charge is 2.69. The highest BCUT2D eigenvalue weighted by Crippen LogP contribution is 2.75. The molecule has 0 bridgehead atoms. The van der Waals surface area contributed by atoms with Gasteiger partial charge in [-0.1, -0.05) is 40.7 Å². The van der Waals surface area contributed by atoms with Crippen LogP contribution in [0.25, 0.3) is 0 Å². The van der Waals surface area contributed by atoms with Gasteiger partial charge in [-0.05, 0) is 123 Å². The van der Waals surface area contributed by atoms with Crippen LogP contribution in [0.2, 0.25) is 0 Å². The van der Waals surface area contributed by atoms with E-state index in [0.717, 1.165) is 50.5 Å². The Morgan fingerprint density at radius 1 is 0.714 bits per heavy atom. The van der Waals surface area contributed by atoms with Crippen LogP contribution in [-0.4, -0.2) is 150 Å². The molecule has 10 N–H and O–H groups in total. The van der Waals surface area contributed by atoms with Gasteiger partial charge in [0.2, 0.25) is 0 Å². The predicted molar refractivity (Wildman–Crippen MR) is 202 cm³/mol. The van der Waals surface area contributed by atoms with E-state index in [0.29, 0.717) is 24.7 Å². The van der Waals surface area contributed by atoms with Gasteiger partial charge >= 0.3 is 0 Å². The van der Waals surface area contributed by atoms with Crippen LogP contribution < -0.4 is 0 Å². The highest BCUT2D eigenvalue weighted by molar-refractivity contribution is 5.22. The molecule has 2 heterocycles. The van der Waals surface area contributed by atoms with Crippen LogP contribution in [0, 0.1) is 45.3 Å². The maximum Gasteiger partial charge on any atom is 0.187 e. The van der Waals surface area contributed by atoms with E-state index in [1.165, 1.54) is 0 Å². The zero-order valence-corrected chi connectivity index (χ0v) is 34.4. The fourth-order valence-corrected chi connectivity index (χ4v) is 13.1. The van der Waals surface area contributed by atoms with Crippen LogP contribution >= 0.6 is 0 Å². The largest absolute Gasteiger partial charge is 0.394 e. The van der Waals surface area contributed by atoms with Crippen molar-refractivity contribution in [3.8, 4) is 0 Å². The van der Waals surface area contributed by atoms with Gasteiger partial charge in [-0.3, -0.25) is 0 Å². The van der Waals surface area contributed by atoms with Crippen molar-refractivity contribution in [3.63, 3.8) is 0 Å². The maximum atomic E-state index is 11.3. The lowest BCUT2D eigenvalue weighted by Crippen LogP contribution is -2.66. The second-order valence-electron chi connectivity index (χ2n) is 20.1. The average Bonchev–Trinajstić information content (AvgIpc) is 3.49. The normalized spacial score (nSPS) is 50.2. The summed E-state index contributed by atoms with van der Waals surface area (Å²) in [5.41, 5.74) is -0.544. The lowest BCUT2D eigenvalue weighted by Gasteiger charge is -2.70. The van der Waals surface area contributed by atoms with Gasteiger partial charge in [0.1, 0.15) is 48.8 Å². The van der Waals surface area contributed by atoms with E-state index in [1.54, 1.807) is 13.8 Å². The first-order valence-electron chi connectivity index (χ1n) is 21.0. The van der Waals surface area contributed by atoms with Gasteiger partial charge in [0.05, 0.1) is 37.6 Å². The molecule has 56 heavy (non-hydrogen) atoms. The van der Waals surface area contributed by atoms with Crippen molar-refractivity contribution in [2.24, 2.45) is 45.3 Å². The van der Waals surface area contributed by atoms with E-state index in [2.05, 4.69) is 34.6 Å². The molecule has 6 rings (SSSR count). The minimum absolute atomic E-state index is 0.0160. The number of fused-ring (bicyclic) bond motifs is 5. The van der Waals surface area contributed by atoms with Crippen LogP contribution in [0.1, 0.15) is 106 Å². The first-order valence-corrected chi connectivity index (χ1v) is 21.0. The van der Waals surface area contributed by atoms with E-state index in [-0.39, 0.29) is 46.2 Å². The van der Waals surface area contributed by atoms with E-state index < -0.39 is 86.3 Å². The van der Waals surface area contributed by atoms with Crippen molar-refractivity contribution in [2.45, 2.75) is 185 Å². The summed E-state index contributed by atoms with van der Waals surface area (Å²) in [5, 5.41) is 105. The van der Waals surface area contributed by atoms with Crippen molar-refractivity contribution in [2.75, 3.05) is 19.8 Å². The second-order valence-corrected chi connectivity index (χ2v) is 20.1. The summed E-state index contributed by atoms with van der Waals surface area (Å²) in [4.78, 5) is 0. The van der Waals surface area contributed by atoms with E-state index >= 15 is 0 Å². The molecule has 2 saturated heterocycles. The summed E-state index contributed by atoms with van der Waals surface area (Å²) in [6.45, 7) is 13.7. The molecule has 2 aliphatic heterocycles. The van der Waals surface area contributed by atoms with Crippen LogP contribution in [0.5, 0.6) is 0 Å². The molecule has 0 spiro atoms. The molecular weight excluding hydrogens is 728 g/mol. The van der Waals surface area contributed by atoms with Gasteiger partial charge in [-0.15, -0.1) is 0 Å². The van der Waals surface area contributed by atoms with Crippen molar-refractivity contribution in [3.05, 3.63) is 11.6 Å². The van der Waals surface area contributed by atoms with Crippen LogP contribution in [-0.2, 0) is 18.9 Å². The number of rotatable bonds is 11. The molecule has 0 amide bonds. The van der Waals surface area contributed by atoms with Crippen LogP contribution in [0.15, 0.2) is 11.6 Å². The lowest BCUT2D eigenvalue weighted by molar-refractivity contribution is -0.378. The number of aliphatic hydroxyl groups is 10. The van der Waals surface area contributed by atoms with Crippen molar-refractivity contribution < 1.29 is 70.0 Å². The smallest absolute Gasteiger partial charge is 0.187 e. The summed E-state index contributed by atoms with van der Waals surface area (Å²) in [6.07, 6.45) is -6.35. The number of hydrogen-bond acceptors (Lipinski definition) is 14. The molecule has 6 aliphatic rings. The first kappa shape index (κ1) is 44.7. The van der Waals surface area contributed by atoms with E-state index in [4.69, 9.17) is 18.9 Å². The van der Waals surface area contributed by atoms with Gasteiger partial charge in [0, 0.05) is 0 Å². The Kier molecular flexibility index (Phi) is 13.0. The molecule has 0 radical (unpaired) electrons. The summed E-state index contributed by atoms with van der Waals surface area (Å²) in [5.74, 6) is 1.34. The number of ether oxygens (including phenoxy) is 4. The first-order chi connectivity index (χ1) is 26.1. The summed E-state index contributed by atoms with van der Waals surface area (Å²) < 4.78 is 24.4. The third-order valence-electron chi connectivity index (χ3n) is 16.7.